The van der Waals surface area contributed by atoms with Crippen LogP contribution < -0.4 is 16.4 Å². The summed E-state index contributed by atoms with van der Waals surface area (Å²) < 4.78 is 0.315. The monoisotopic (exact) mass is 293 g/mol. The first-order valence-corrected chi connectivity index (χ1v) is 8.23. The lowest BCUT2D eigenvalue weighted by atomic mass is 10.1. The predicted molar refractivity (Wildman–Crippen MR) is 87.4 cm³/mol. The van der Waals surface area contributed by atoms with Crippen LogP contribution in [-0.4, -0.2) is 30.5 Å². The summed E-state index contributed by atoms with van der Waals surface area (Å²) in [5.74, 6) is -0.0894. The fraction of sp³-hybridized carbons (Fsp3) is 0.533. The molecule has 1 saturated carbocycles. The minimum absolute atomic E-state index is 0.0894. The highest BCUT2D eigenvalue weighted by Crippen LogP contribution is 2.40. The van der Waals surface area contributed by atoms with Crippen LogP contribution >= 0.6 is 11.8 Å². The van der Waals surface area contributed by atoms with Crippen molar-refractivity contribution in [2.45, 2.75) is 30.4 Å². The number of nitrogens with two attached hydrogens (primary N) is 1. The highest BCUT2D eigenvalue weighted by molar-refractivity contribution is 8.00. The van der Waals surface area contributed by atoms with Crippen LogP contribution in [0.3, 0.4) is 0 Å². The highest BCUT2D eigenvalue weighted by atomic mass is 32.2. The number of hydrogen-bond donors (Lipinski definition) is 3. The van der Waals surface area contributed by atoms with Crippen LogP contribution in [0.25, 0.3) is 0 Å². The number of benzene rings is 1. The van der Waals surface area contributed by atoms with Gasteiger partial charge in [-0.15, -0.1) is 0 Å². The molecule has 1 aromatic rings. The van der Waals surface area contributed by atoms with Gasteiger partial charge in [-0.1, -0.05) is 12.8 Å². The first-order chi connectivity index (χ1) is 9.60. The van der Waals surface area contributed by atoms with Crippen molar-refractivity contribution >= 4 is 29.0 Å². The zero-order valence-electron chi connectivity index (χ0n) is 12.2. The average Bonchev–Trinajstić information content (AvgIpc) is 2.95. The topological polar surface area (TPSA) is 67.2 Å². The first kappa shape index (κ1) is 15.0. The quantitative estimate of drug-likeness (QED) is 0.730. The van der Waals surface area contributed by atoms with E-state index in [1.54, 1.807) is 19.2 Å². The van der Waals surface area contributed by atoms with Gasteiger partial charge in [0.25, 0.3) is 5.91 Å². The third-order valence-corrected chi connectivity index (χ3v) is 5.51. The molecular weight excluding hydrogens is 270 g/mol. The molecule has 0 aromatic heterocycles. The number of anilines is 2. The third-order valence-electron chi connectivity index (χ3n) is 4.09. The molecule has 1 aliphatic rings. The fourth-order valence-corrected chi connectivity index (χ4v) is 3.64. The number of hydrogen-bond acceptors (Lipinski definition) is 4. The second-order valence-corrected chi connectivity index (χ2v) is 6.60. The van der Waals surface area contributed by atoms with Crippen molar-refractivity contribution < 1.29 is 4.79 Å². The zero-order chi connectivity index (χ0) is 14.6. The van der Waals surface area contributed by atoms with Crippen LogP contribution in [0.15, 0.2) is 18.2 Å². The van der Waals surface area contributed by atoms with Gasteiger partial charge >= 0.3 is 0 Å². The Kier molecular flexibility index (Phi) is 4.81. The smallest absolute Gasteiger partial charge is 0.251 e. The summed E-state index contributed by atoms with van der Waals surface area (Å²) in [6, 6.07) is 5.36. The lowest BCUT2D eigenvalue weighted by molar-refractivity contribution is 0.0963. The van der Waals surface area contributed by atoms with Crippen molar-refractivity contribution in [3.63, 3.8) is 0 Å². The van der Waals surface area contributed by atoms with Gasteiger partial charge in [0.2, 0.25) is 0 Å². The molecule has 0 heterocycles. The number of carbonyl (C=O) groups excluding carboxylic acids is 1. The third kappa shape index (κ3) is 3.20. The maximum Gasteiger partial charge on any atom is 0.251 e. The molecule has 5 heteroatoms. The summed E-state index contributed by atoms with van der Waals surface area (Å²) in [5, 5.41) is 6.07. The summed E-state index contributed by atoms with van der Waals surface area (Å²) in [4.78, 5) is 11.7. The Morgan fingerprint density at radius 1 is 1.40 bits per heavy atom. The number of nitrogens with one attached hydrogen (secondary N) is 2. The molecule has 2 rings (SSSR count). The van der Waals surface area contributed by atoms with E-state index in [0.29, 0.717) is 16.0 Å². The average molecular weight is 293 g/mol. The van der Waals surface area contributed by atoms with E-state index >= 15 is 0 Å². The van der Waals surface area contributed by atoms with Gasteiger partial charge < -0.3 is 16.4 Å². The lowest BCUT2D eigenvalue weighted by Gasteiger charge is -2.28. The largest absolute Gasteiger partial charge is 0.397 e. The molecule has 110 valence electrons. The summed E-state index contributed by atoms with van der Waals surface area (Å²) in [6.07, 6.45) is 7.27. The number of thioether (sulfide) groups is 1. The van der Waals surface area contributed by atoms with Crippen molar-refractivity contribution in [3.8, 4) is 0 Å². The molecule has 0 radical (unpaired) electrons. The Bertz CT molecular complexity index is 484. The minimum atomic E-state index is -0.0894. The number of nitrogen functional groups attached to an aromatic ring is 1. The SMILES string of the molecule is CNC(=O)c1ccc(N)c(NCC2(SC)CCCC2)c1. The van der Waals surface area contributed by atoms with Crippen molar-refractivity contribution in [1.82, 2.24) is 5.32 Å². The van der Waals surface area contributed by atoms with E-state index in [1.807, 2.05) is 17.8 Å². The first-order valence-electron chi connectivity index (χ1n) is 7.01. The second kappa shape index (κ2) is 6.39. The molecule has 0 spiro atoms. The summed E-state index contributed by atoms with van der Waals surface area (Å²) in [7, 11) is 1.63. The molecule has 1 amide bonds. The van der Waals surface area contributed by atoms with Gasteiger partial charge in [-0.25, -0.2) is 0 Å². The second-order valence-electron chi connectivity index (χ2n) is 5.33. The van der Waals surface area contributed by atoms with Gasteiger partial charge in [-0.3, -0.25) is 4.79 Å². The summed E-state index contributed by atoms with van der Waals surface area (Å²) in [6.45, 7) is 0.898. The van der Waals surface area contributed by atoms with Crippen molar-refractivity contribution in [2.75, 3.05) is 30.9 Å². The normalized spacial score (nSPS) is 16.9. The zero-order valence-corrected chi connectivity index (χ0v) is 13.0. The van der Waals surface area contributed by atoms with E-state index in [4.69, 9.17) is 5.73 Å². The van der Waals surface area contributed by atoms with E-state index in [1.165, 1.54) is 25.7 Å². The minimum Gasteiger partial charge on any atom is -0.397 e. The molecule has 4 N–H and O–H groups in total. The van der Waals surface area contributed by atoms with E-state index in [2.05, 4.69) is 16.9 Å². The maximum atomic E-state index is 11.7. The molecule has 1 aromatic carbocycles. The number of amides is 1. The van der Waals surface area contributed by atoms with Crippen molar-refractivity contribution in [2.24, 2.45) is 0 Å². The maximum absolute atomic E-state index is 11.7. The van der Waals surface area contributed by atoms with E-state index in [-0.39, 0.29) is 5.91 Å². The molecule has 1 fully saturated rings. The molecule has 20 heavy (non-hydrogen) atoms. The predicted octanol–water partition coefficient (Wildman–Crippen LogP) is 2.72. The molecular formula is C15H23N3OS. The fourth-order valence-electron chi connectivity index (χ4n) is 2.72. The van der Waals surface area contributed by atoms with Crippen LogP contribution in [0.2, 0.25) is 0 Å². The molecule has 0 aliphatic heterocycles. The van der Waals surface area contributed by atoms with Gasteiger partial charge in [0, 0.05) is 23.9 Å². The molecule has 1 aliphatic carbocycles. The molecule has 4 nitrogen and oxygen atoms in total. The van der Waals surface area contributed by atoms with E-state index in [0.717, 1.165) is 12.2 Å². The van der Waals surface area contributed by atoms with Crippen molar-refractivity contribution in [1.29, 1.82) is 0 Å². The summed E-state index contributed by atoms with van der Waals surface area (Å²) in [5.41, 5.74) is 8.17. The van der Waals surface area contributed by atoms with Gasteiger partial charge in [-0.2, -0.15) is 11.8 Å². The Morgan fingerprint density at radius 3 is 2.70 bits per heavy atom. The molecule has 0 bridgehead atoms. The molecule has 0 atom stereocenters. The Labute approximate surface area is 124 Å². The van der Waals surface area contributed by atoms with Crippen LogP contribution in [-0.2, 0) is 0 Å². The van der Waals surface area contributed by atoms with Gasteiger partial charge in [0.15, 0.2) is 0 Å². The standard InChI is InChI=1S/C15H23N3OS/c1-17-14(19)11-5-6-12(16)13(9-11)18-10-15(20-2)7-3-4-8-15/h5-6,9,18H,3-4,7-8,10,16H2,1-2H3,(H,17,19). The van der Waals surface area contributed by atoms with Crippen LogP contribution in [0.5, 0.6) is 0 Å². The number of carbonyl (C=O) groups is 1. The van der Waals surface area contributed by atoms with Crippen LogP contribution in [0.1, 0.15) is 36.0 Å². The number of rotatable bonds is 5. The van der Waals surface area contributed by atoms with Gasteiger partial charge in [0.1, 0.15) is 0 Å². The van der Waals surface area contributed by atoms with E-state index < -0.39 is 0 Å². The molecule has 0 unspecified atom stereocenters. The van der Waals surface area contributed by atoms with E-state index in [9.17, 15) is 4.79 Å². The van der Waals surface area contributed by atoms with Gasteiger partial charge in [-0.05, 0) is 37.3 Å². The van der Waals surface area contributed by atoms with Gasteiger partial charge in [0.05, 0.1) is 11.4 Å². The Hall–Kier alpha value is -1.36. The van der Waals surface area contributed by atoms with Crippen LogP contribution in [0, 0.1) is 0 Å². The Morgan fingerprint density at radius 2 is 2.10 bits per heavy atom. The highest BCUT2D eigenvalue weighted by Gasteiger charge is 2.32. The summed E-state index contributed by atoms with van der Waals surface area (Å²) >= 11 is 1.94. The van der Waals surface area contributed by atoms with Crippen LogP contribution in [0.4, 0.5) is 11.4 Å². The Balaban J connectivity index is 2.10. The molecule has 0 saturated heterocycles. The van der Waals surface area contributed by atoms with Crippen molar-refractivity contribution in [3.05, 3.63) is 23.8 Å². The lowest BCUT2D eigenvalue weighted by Crippen LogP contribution is -2.30.